The molecule has 1 N–H and O–H groups in total. The summed E-state index contributed by atoms with van der Waals surface area (Å²) in [5.41, 5.74) is 0.745. The van der Waals surface area contributed by atoms with Crippen LogP contribution in [-0.4, -0.2) is 78.7 Å². The molecule has 0 spiro atoms. The first-order valence-corrected chi connectivity index (χ1v) is 10.5. The van der Waals surface area contributed by atoms with Crippen molar-refractivity contribution in [3.8, 4) is 0 Å². The lowest BCUT2D eigenvalue weighted by Gasteiger charge is -2.22. The third-order valence-electron chi connectivity index (χ3n) is 4.38. The molecule has 0 aliphatic carbocycles. The summed E-state index contributed by atoms with van der Waals surface area (Å²) in [5.74, 6) is -1.19. The highest BCUT2D eigenvalue weighted by Crippen LogP contribution is 2.28. The van der Waals surface area contributed by atoms with Crippen LogP contribution in [0, 0.1) is 0 Å². The van der Waals surface area contributed by atoms with Crippen molar-refractivity contribution >= 4 is 27.6 Å². The Kier molecular flexibility index (Phi) is 7.78. The van der Waals surface area contributed by atoms with Gasteiger partial charge in [-0.3, -0.25) is 4.79 Å². The Labute approximate surface area is 165 Å². The van der Waals surface area contributed by atoms with Crippen LogP contribution in [0.5, 0.6) is 0 Å². The lowest BCUT2D eigenvalue weighted by atomic mass is 10.1. The third-order valence-corrected chi connectivity index (χ3v) is 6.19. The van der Waals surface area contributed by atoms with Crippen LogP contribution in [0.3, 0.4) is 0 Å². The van der Waals surface area contributed by atoms with E-state index >= 15 is 0 Å². The SMILES string of the molecule is COCCNC(=O)COC(=O)c1cc(S(=O)(=O)N(C)C)ccc1N1CCCC1. The second-order valence-corrected chi connectivity index (χ2v) is 8.73. The highest BCUT2D eigenvalue weighted by Gasteiger charge is 2.25. The summed E-state index contributed by atoms with van der Waals surface area (Å²) >= 11 is 0. The largest absolute Gasteiger partial charge is 0.452 e. The first kappa shape index (κ1) is 22.1. The number of carbonyl (C=O) groups excluding carboxylic acids is 2. The zero-order chi connectivity index (χ0) is 20.7. The van der Waals surface area contributed by atoms with E-state index in [1.165, 1.54) is 33.3 Å². The second kappa shape index (κ2) is 9.85. The van der Waals surface area contributed by atoms with Crippen molar-refractivity contribution in [1.29, 1.82) is 0 Å². The molecule has 9 nitrogen and oxygen atoms in total. The molecule has 1 aromatic rings. The van der Waals surface area contributed by atoms with Crippen molar-refractivity contribution in [2.45, 2.75) is 17.7 Å². The van der Waals surface area contributed by atoms with E-state index in [0.717, 1.165) is 30.2 Å². The van der Waals surface area contributed by atoms with Gasteiger partial charge in [-0.25, -0.2) is 17.5 Å². The molecule has 10 heteroatoms. The number of carbonyl (C=O) groups is 2. The van der Waals surface area contributed by atoms with Crippen LogP contribution >= 0.6 is 0 Å². The van der Waals surface area contributed by atoms with Crippen molar-refractivity contribution in [2.75, 3.05) is 59.0 Å². The molecule has 0 bridgehead atoms. The summed E-state index contributed by atoms with van der Waals surface area (Å²) in [5, 5.41) is 2.56. The summed E-state index contributed by atoms with van der Waals surface area (Å²) in [4.78, 5) is 26.4. The number of methoxy groups -OCH3 is 1. The van der Waals surface area contributed by atoms with Crippen LogP contribution in [0.15, 0.2) is 23.1 Å². The van der Waals surface area contributed by atoms with E-state index in [-0.39, 0.29) is 10.5 Å². The Morgan fingerprint density at radius 3 is 2.50 bits per heavy atom. The monoisotopic (exact) mass is 413 g/mol. The number of nitrogens with one attached hydrogen (secondary N) is 1. The number of esters is 1. The number of amides is 1. The average Bonchev–Trinajstić information content (AvgIpc) is 3.20. The quantitative estimate of drug-likeness (QED) is 0.463. The summed E-state index contributed by atoms with van der Waals surface area (Å²) in [6.07, 6.45) is 1.99. The van der Waals surface area contributed by atoms with Gasteiger partial charge in [0.15, 0.2) is 6.61 Å². The van der Waals surface area contributed by atoms with Crippen molar-refractivity contribution < 1.29 is 27.5 Å². The van der Waals surface area contributed by atoms with Gasteiger partial charge >= 0.3 is 5.97 Å². The fourth-order valence-corrected chi connectivity index (χ4v) is 3.76. The molecule has 0 aromatic heterocycles. The third kappa shape index (κ3) is 5.43. The number of ether oxygens (including phenoxy) is 2. The molecule has 1 saturated heterocycles. The topological polar surface area (TPSA) is 105 Å². The standard InChI is InChI=1S/C18H27N3O6S/c1-20(2)28(24,25)14-6-7-16(21-9-4-5-10-21)15(12-14)18(23)27-13-17(22)19-8-11-26-3/h6-7,12H,4-5,8-11,13H2,1-3H3,(H,19,22). The first-order chi connectivity index (χ1) is 13.3. The smallest absolute Gasteiger partial charge is 0.340 e. The number of hydrogen-bond donors (Lipinski definition) is 1. The van der Waals surface area contributed by atoms with E-state index in [4.69, 9.17) is 9.47 Å². The van der Waals surface area contributed by atoms with E-state index in [2.05, 4.69) is 5.32 Å². The van der Waals surface area contributed by atoms with Gasteiger partial charge < -0.3 is 19.7 Å². The fraction of sp³-hybridized carbons (Fsp3) is 0.556. The van der Waals surface area contributed by atoms with Crippen LogP contribution in [0.2, 0.25) is 0 Å². The zero-order valence-electron chi connectivity index (χ0n) is 16.4. The average molecular weight is 413 g/mol. The minimum absolute atomic E-state index is 0.00283. The van der Waals surface area contributed by atoms with Crippen LogP contribution in [-0.2, 0) is 24.3 Å². The summed E-state index contributed by atoms with van der Waals surface area (Å²) in [6, 6.07) is 4.42. The predicted octanol–water partition coefficient (Wildman–Crippen LogP) is 0.457. The maximum atomic E-state index is 12.6. The number of nitrogens with zero attached hydrogens (tertiary/aromatic N) is 2. The second-order valence-electron chi connectivity index (χ2n) is 6.58. The Morgan fingerprint density at radius 2 is 1.89 bits per heavy atom. The molecule has 0 unspecified atom stereocenters. The molecule has 0 saturated carbocycles. The van der Waals surface area contributed by atoms with Crippen LogP contribution < -0.4 is 10.2 Å². The molecule has 2 rings (SSSR count). The molecule has 1 aromatic carbocycles. The summed E-state index contributed by atoms with van der Waals surface area (Å²) in [7, 11) is 0.655. The van der Waals surface area contributed by atoms with E-state index < -0.39 is 28.5 Å². The zero-order valence-corrected chi connectivity index (χ0v) is 17.3. The number of rotatable bonds is 9. The predicted molar refractivity (Wildman–Crippen MR) is 104 cm³/mol. The number of hydrogen-bond acceptors (Lipinski definition) is 7. The Hall–Kier alpha value is -2.17. The lowest BCUT2D eigenvalue weighted by molar-refractivity contribution is -0.124. The van der Waals surface area contributed by atoms with Crippen molar-refractivity contribution in [3.05, 3.63) is 23.8 Å². The Morgan fingerprint density at radius 1 is 1.21 bits per heavy atom. The van der Waals surface area contributed by atoms with Crippen LogP contribution in [0.25, 0.3) is 0 Å². The molecular formula is C18H27N3O6S. The van der Waals surface area contributed by atoms with Gasteiger partial charge in [-0.15, -0.1) is 0 Å². The van der Waals surface area contributed by atoms with Gasteiger partial charge in [0.1, 0.15) is 0 Å². The van der Waals surface area contributed by atoms with Crippen LogP contribution in [0.4, 0.5) is 5.69 Å². The maximum absolute atomic E-state index is 12.6. The van der Waals surface area contributed by atoms with E-state index in [9.17, 15) is 18.0 Å². The highest BCUT2D eigenvalue weighted by molar-refractivity contribution is 7.89. The van der Waals surface area contributed by atoms with E-state index in [1.807, 2.05) is 4.90 Å². The minimum Gasteiger partial charge on any atom is -0.452 e. The summed E-state index contributed by atoms with van der Waals surface area (Å²) in [6.45, 7) is 1.76. The molecule has 156 valence electrons. The van der Waals surface area contributed by atoms with Gasteiger partial charge in [0, 0.05) is 40.8 Å². The highest BCUT2D eigenvalue weighted by atomic mass is 32.2. The van der Waals surface area contributed by atoms with Crippen LogP contribution in [0.1, 0.15) is 23.2 Å². The van der Waals surface area contributed by atoms with Crippen molar-refractivity contribution in [2.24, 2.45) is 0 Å². The van der Waals surface area contributed by atoms with Gasteiger partial charge in [-0.05, 0) is 31.0 Å². The van der Waals surface area contributed by atoms with E-state index in [1.54, 1.807) is 6.07 Å². The first-order valence-electron chi connectivity index (χ1n) is 9.01. The van der Waals surface area contributed by atoms with Gasteiger partial charge in [-0.2, -0.15) is 0 Å². The van der Waals surface area contributed by atoms with Gasteiger partial charge in [0.2, 0.25) is 10.0 Å². The van der Waals surface area contributed by atoms with Gasteiger partial charge in [-0.1, -0.05) is 0 Å². The minimum atomic E-state index is -3.71. The molecule has 0 atom stereocenters. The molecule has 1 fully saturated rings. The molecule has 0 radical (unpaired) electrons. The number of benzene rings is 1. The summed E-state index contributed by atoms with van der Waals surface area (Å²) < 4.78 is 35.9. The van der Waals surface area contributed by atoms with Crippen molar-refractivity contribution in [1.82, 2.24) is 9.62 Å². The van der Waals surface area contributed by atoms with Gasteiger partial charge in [0.05, 0.1) is 22.8 Å². The molecule has 1 aliphatic heterocycles. The van der Waals surface area contributed by atoms with Gasteiger partial charge in [0.25, 0.3) is 5.91 Å². The fourth-order valence-electron chi connectivity index (χ4n) is 2.84. The lowest BCUT2D eigenvalue weighted by Crippen LogP contribution is -2.31. The molecule has 1 amide bonds. The molecule has 28 heavy (non-hydrogen) atoms. The maximum Gasteiger partial charge on any atom is 0.340 e. The van der Waals surface area contributed by atoms with Crippen molar-refractivity contribution in [3.63, 3.8) is 0 Å². The Bertz CT molecular complexity index is 804. The number of sulfonamides is 1. The Balaban J connectivity index is 2.23. The van der Waals surface area contributed by atoms with E-state index in [0.29, 0.717) is 18.8 Å². The normalized spacial score (nSPS) is 14.4. The number of anilines is 1. The molecule has 1 aliphatic rings. The molecule has 1 heterocycles. The molecular weight excluding hydrogens is 386 g/mol.